The van der Waals surface area contributed by atoms with Gasteiger partial charge in [-0.25, -0.2) is 15.0 Å². The van der Waals surface area contributed by atoms with Crippen LogP contribution in [0.1, 0.15) is 35.8 Å². The van der Waals surface area contributed by atoms with Gasteiger partial charge in [-0.1, -0.05) is 0 Å². The molecule has 32 heavy (non-hydrogen) atoms. The van der Waals surface area contributed by atoms with Gasteiger partial charge in [0.05, 0.1) is 36.2 Å². The van der Waals surface area contributed by atoms with Gasteiger partial charge in [-0.2, -0.15) is 23.3 Å². The predicted octanol–water partition coefficient (Wildman–Crippen LogP) is 3.35. The molecule has 1 saturated heterocycles. The predicted molar refractivity (Wildman–Crippen MR) is 112 cm³/mol. The summed E-state index contributed by atoms with van der Waals surface area (Å²) in [6, 6.07) is 1.89. The van der Waals surface area contributed by atoms with Crippen molar-refractivity contribution in [1.29, 1.82) is 0 Å². The van der Waals surface area contributed by atoms with Gasteiger partial charge in [0.1, 0.15) is 5.52 Å². The Kier molecular flexibility index (Phi) is 6.27. The second-order valence-electron chi connectivity index (χ2n) is 8.16. The molecule has 0 aromatic carbocycles. The summed E-state index contributed by atoms with van der Waals surface area (Å²) in [6.07, 6.45) is -0.413. The largest absolute Gasteiger partial charge is 0.391 e. The molecule has 0 radical (unpaired) electrons. The number of alkyl halides is 3. The molecule has 172 valence electrons. The maximum absolute atomic E-state index is 12.9. The molecule has 0 bridgehead atoms. The van der Waals surface area contributed by atoms with Gasteiger partial charge in [0.2, 0.25) is 5.95 Å². The Bertz CT molecular complexity index is 1060. The van der Waals surface area contributed by atoms with Crippen molar-refractivity contribution in [3.8, 4) is 0 Å². The molecular weight excluding hydrogens is 423 g/mol. The number of hydrogen-bond acceptors (Lipinski definition) is 7. The van der Waals surface area contributed by atoms with Crippen LogP contribution >= 0.6 is 0 Å². The van der Waals surface area contributed by atoms with Gasteiger partial charge in [-0.15, -0.1) is 0 Å². The molecule has 8 nitrogen and oxygen atoms in total. The van der Waals surface area contributed by atoms with Crippen LogP contribution in [0.15, 0.2) is 18.5 Å². The molecule has 11 heteroatoms. The van der Waals surface area contributed by atoms with Gasteiger partial charge >= 0.3 is 6.18 Å². The van der Waals surface area contributed by atoms with Crippen molar-refractivity contribution in [1.82, 2.24) is 29.7 Å². The molecule has 1 saturated carbocycles. The van der Waals surface area contributed by atoms with E-state index in [0.717, 1.165) is 11.4 Å². The van der Waals surface area contributed by atoms with Crippen LogP contribution in [0.2, 0.25) is 0 Å². The van der Waals surface area contributed by atoms with Gasteiger partial charge in [-0.3, -0.25) is 4.68 Å². The highest BCUT2D eigenvalue weighted by molar-refractivity contribution is 5.75. The Balaban J connectivity index is 0.000000354. The standard InChI is InChI=1S/C17H20F3N5O.C4H6N2/c1-9-10(2)22-15-14(21-9)13(11-7-12(8-11)17(18,19)20)23-16(24-15)25-3-5-26-6-4-25;1-6-4-2-3-5-6/h11-12H,3-8H2,1-2H3;2-4H,1H3. The first-order valence-corrected chi connectivity index (χ1v) is 10.6. The maximum Gasteiger partial charge on any atom is 0.391 e. The van der Waals surface area contributed by atoms with Crippen LogP contribution in [-0.4, -0.2) is 62.2 Å². The number of ether oxygens (including phenoxy) is 1. The third-order valence-electron chi connectivity index (χ3n) is 5.88. The van der Waals surface area contributed by atoms with Crippen LogP contribution in [0.5, 0.6) is 0 Å². The fourth-order valence-corrected chi connectivity index (χ4v) is 3.76. The minimum absolute atomic E-state index is 0.0484. The number of hydrogen-bond donors (Lipinski definition) is 0. The first-order valence-electron chi connectivity index (χ1n) is 10.6. The number of nitrogens with zero attached hydrogens (tertiary/aromatic N) is 7. The third kappa shape index (κ3) is 4.82. The first-order chi connectivity index (χ1) is 15.2. The van der Waals surface area contributed by atoms with Crippen LogP contribution in [0.3, 0.4) is 0 Å². The van der Waals surface area contributed by atoms with E-state index in [9.17, 15) is 13.2 Å². The van der Waals surface area contributed by atoms with Crippen molar-refractivity contribution in [2.75, 3.05) is 31.2 Å². The lowest BCUT2D eigenvalue weighted by Gasteiger charge is -2.36. The third-order valence-corrected chi connectivity index (χ3v) is 5.88. The van der Waals surface area contributed by atoms with E-state index < -0.39 is 12.1 Å². The average molecular weight is 449 g/mol. The maximum atomic E-state index is 12.9. The second-order valence-corrected chi connectivity index (χ2v) is 8.16. The number of aryl methyl sites for hydroxylation is 3. The van der Waals surface area contributed by atoms with Gasteiger partial charge in [-0.05, 0) is 32.8 Å². The van der Waals surface area contributed by atoms with Crippen LogP contribution in [0.25, 0.3) is 11.2 Å². The Labute approximate surface area is 183 Å². The Morgan fingerprint density at radius 2 is 1.69 bits per heavy atom. The van der Waals surface area contributed by atoms with Gasteiger partial charge in [0.15, 0.2) is 5.65 Å². The highest BCUT2D eigenvalue weighted by Gasteiger charge is 2.49. The van der Waals surface area contributed by atoms with E-state index in [1.54, 1.807) is 10.9 Å². The summed E-state index contributed by atoms with van der Waals surface area (Å²) in [6.45, 7) is 6.14. The Morgan fingerprint density at radius 3 is 2.25 bits per heavy atom. The molecule has 0 atom stereocenters. The summed E-state index contributed by atoms with van der Waals surface area (Å²) < 4.78 is 45.8. The van der Waals surface area contributed by atoms with E-state index in [0.29, 0.717) is 49.1 Å². The lowest BCUT2D eigenvalue weighted by molar-refractivity contribution is -0.197. The van der Waals surface area contributed by atoms with Crippen LogP contribution in [-0.2, 0) is 11.8 Å². The molecular formula is C21H26F3N7O. The van der Waals surface area contributed by atoms with Gasteiger partial charge < -0.3 is 9.64 Å². The molecule has 0 amide bonds. The topological polar surface area (TPSA) is 81.9 Å². The van der Waals surface area contributed by atoms with E-state index in [1.165, 1.54) is 0 Å². The molecule has 0 unspecified atom stereocenters. The van der Waals surface area contributed by atoms with Crippen molar-refractivity contribution in [2.24, 2.45) is 13.0 Å². The number of fused-ring (bicyclic) bond motifs is 1. The van der Waals surface area contributed by atoms with Gasteiger partial charge in [0, 0.05) is 38.4 Å². The lowest BCUT2D eigenvalue weighted by atomic mass is 9.72. The monoisotopic (exact) mass is 449 g/mol. The number of halogens is 3. The smallest absolute Gasteiger partial charge is 0.378 e. The molecule has 4 heterocycles. The van der Waals surface area contributed by atoms with Crippen LogP contribution in [0, 0.1) is 19.8 Å². The molecule has 5 rings (SSSR count). The fraction of sp³-hybridized carbons (Fsp3) is 0.571. The molecule has 3 aromatic rings. The summed E-state index contributed by atoms with van der Waals surface area (Å²) in [7, 11) is 1.89. The van der Waals surface area contributed by atoms with E-state index >= 15 is 0 Å². The normalized spacial score (nSPS) is 21.1. The minimum Gasteiger partial charge on any atom is -0.378 e. The number of rotatable bonds is 2. The average Bonchev–Trinajstić information content (AvgIpc) is 3.19. The zero-order valence-electron chi connectivity index (χ0n) is 18.3. The van der Waals surface area contributed by atoms with Crippen LogP contribution < -0.4 is 4.90 Å². The Hall–Kier alpha value is -2.82. The summed E-state index contributed by atoms with van der Waals surface area (Å²) in [4.78, 5) is 20.2. The molecule has 2 fully saturated rings. The molecule has 2 aliphatic rings. The van der Waals surface area contributed by atoms with Crippen LogP contribution in [0.4, 0.5) is 19.1 Å². The highest BCUT2D eigenvalue weighted by Crippen LogP contribution is 2.50. The molecule has 3 aromatic heterocycles. The molecule has 0 N–H and O–H groups in total. The van der Waals surface area contributed by atoms with Crippen molar-refractivity contribution in [3.63, 3.8) is 0 Å². The van der Waals surface area contributed by atoms with E-state index in [1.807, 2.05) is 38.1 Å². The summed E-state index contributed by atoms with van der Waals surface area (Å²) in [5, 5.41) is 3.83. The molecule has 1 aliphatic heterocycles. The van der Waals surface area contributed by atoms with Gasteiger partial charge in [0.25, 0.3) is 0 Å². The lowest BCUT2D eigenvalue weighted by Crippen LogP contribution is -2.38. The Morgan fingerprint density at radius 1 is 1.00 bits per heavy atom. The fourth-order valence-electron chi connectivity index (χ4n) is 3.76. The minimum atomic E-state index is -4.15. The number of anilines is 1. The second kappa shape index (κ2) is 8.97. The quantitative estimate of drug-likeness (QED) is 0.593. The highest BCUT2D eigenvalue weighted by atomic mass is 19.4. The zero-order valence-corrected chi connectivity index (χ0v) is 18.3. The van der Waals surface area contributed by atoms with E-state index in [-0.39, 0.29) is 18.8 Å². The number of morpholine rings is 1. The summed E-state index contributed by atoms with van der Waals surface area (Å²) in [5.41, 5.74) is 3.07. The van der Waals surface area contributed by atoms with Crippen molar-refractivity contribution in [3.05, 3.63) is 35.5 Å². The molecule has 1 aliphatic carbocycles. The SMILES string of the molecule is Cc1nc2nc(N3CCOCC3)nc(C3CC(C(F)(F)F)C3)c2nc1C.Cn1cccn1. The molecule has 0 spiro atoms. The van der Waals surface area contributed by atoms with Crippen molar-refractivity contribution >= 4 is 17.1 Å². The zero-order chi connectivity index (χ0) is 22.9. The van der Waals surface area contributed by atoms with E-state index in [2.05, 4.69) is 25.0 Å². The van der Waals surface area contributed by atoms with Crippen molar-refractivity contribution < 1.29 is 17.9 Å². The number of aromatic nitrogens is 6. The summed E-state index contributed by atoms with van der Waals surface area (Å²) in [5.74, 6) is -1.02. The van der Waals surface area contributed by atoms with Crippen molar-refractivity contribution in [2.45, 2.75) is 38.8 Å². The summed E-state index contributed by atoms with van der Waals surface area (Å²) >= 11 is 0. The first kappa shape index (κ1) is 22.4. The van der Waals surface area contributed by atoms with E-state index in [4.69, 9.17) is 4.74 Å².